The largest absolute Gasteiger partial charge is 0.336 e. The van der Waals surface area contributed by atoms with Gasteiger partial charge in [0.15, 0.2) is 5.78 Å². The number of nitrogens with one attached hydrogen (secondary N) is 1. The number of carbonyl (C=O) groups excluding carboxylic acids is 2. The first kappa shape index (κ1) is 19.6. The quantitative estimate of drug-likeness (QED) is 0.768. The number of ketones is 1. The van der Waals surface area contributed by atoms with Gasteiger partial charge in [-0.05, 0) is 37.3 Å². The number of rotatable bonds is 3. The van der Waals surface area contributed by atoms with Crippen LogP contribution in [0.4, 0.5) is 0 Å². The highest BCUT2D eigenvalue weighted by atomic mass is 79.9. The summed E-state index contributed by atoms with van der Waals surface area (Å²) in [6.07, 6.45) is 0. The van der Waals surface area contributed by atoms with Crippen LogP contribution >= 0.6 is 28.3 Å². The van der Waals surface area contributed by atoms with Crippen LogP contribution in [0.5, 0.6) is 0 Å². The molecule has 1 aliphatic rings. The molecular weight excluding hydrogens is 404 g/mol. The maximum absolute atomic E-state index is 12.9. The number of piperazine rings is 1. The first-order valence-corrected chi connectivity index (χ1v) is 8.77. The molecule has 1 amide bonds. The molecule has 1 unspecified atom stereocenters. The lowest BCUT2D eigenvalue weighted by atomic mass is 9.97. The SMILES string of the molecule is CC1CN(C(=O)c2ccccc2C(=O)c2ccc(Br)cc2)CCN1.Cl. The summed E-state index contributed by atoms with van der Waals surface area (Å²) >= 11 is 3.37. The van der Waals surface area contributed by atoms with Gasteiger partial charge in [0, 0.05) is 41.3 Å². The Labute approximate surface area is 162 Å². The topological polar surface area (TPSA) is 49.4 Å². The molecule has 1 heterocycles. The van der Waals surface area contributed by atoms with E-state index in [1.165, 1.54) is 0 Å². The molecule has 0 saturated carbocycles. The van der Waals surface area contributed by atoms with E-state index in [4.69, 9.17) is 0 Å². The predicted molar refractivity (Wildman–Crippen MR) is 105 cm³/mol. The highest BCUT2D eigenvalue weighted by Crippen LogP contribution is 2.19. The van der Waals surface area contributed by atoms with Crippen LogP contribution in [0.2, 0.25) is 0 Å². The number of amides is 1. The van der Waals surface area contributed by atoms with E-state index in [2.05, 4.69) is 28.2 Å². The molecule has 3 rings (SSSR count). The maximum atomic E-state index is 12.9. The Hall–Kier alpha value is -1.69. The Balaban J connectivity index is 0.00000225. The van der Waals surface area contributed by atoms with E-state index in [1.54, 1.807) is 36.4 Å². The summed E-state index contributed by atoms with van der Waals surface area (Å²) in [7, 11) is 0. The fraction of sp³-hybridized carbons (Fsp3) is 0.263. The molecule has 2 aromatic rings. The molecule has 1 fully saturated rings. The summed E-state index contributed by atoms with van der Waals surface area (Å²) in [5, 5.41) is 3.32. The van der Waals surface area contributed by atoms with Crippen molar-refractivity contribution in [3.05, 3.63) is 69.7 Å². The van der Waals surface area contributed by atoms with E-state index < -0.39 is 0 Å². The molecular formula is C19H20BrClN2O2. The molecule has 0 aromatic heterocycles. The van der Waals surface area contributed by atoms with Gasteiger partial charge in [-0.25, -0.2) is 0 Å². The van der Waals surface area contributed by atoms with Crippen molar-refractivity contribution in [1.29, 1.82) is 0 Å². The normalized spacial score (nSPS) is 16.9. The summed E-state index contributed by atoms with van der Waals surface area (Å²) in [6.45, 7) is 4.14. The number of halogens is 2. The zero-order valence-electron chi connectivity index (χ0n) is 13.9. The molecule has 0 radical (unpaired) electrons. The standard InChI is InChI=1S/C19H19BrN2O2.ClH/c1-13-12-22(11-10-21-13)19(24)17-5-3-2-4-16(17)18(23)14-6-8-15(20)9-7-14;/h2-9,13,21H,10-12H2,1H3;1H. The average Bonchev–Trinajstić information content (AvgIpc) is 2.61. The van der Waals surface area contributed by atoms with Crippen molar-refractivity contribution >= 4 is 40.0 Å². The summed E-state index contributed by atoms with van der Waals surface area (Å²) in [6, 6.07) is 14.5. The number of benzene rings is 2. The minimum atomic E-state index is -0.130. The van der Waals surface area contributed by atoms with Crippen molar-refractivity contribution in [3.63, 3.8) is 0 Å². The lowest BCUT2D eigenvalue weighted by Gasteiger charge is -2.32. The zero-order valence-corrected chi connectivity index (χ0v) is 16.3. The average molecular weight is 424 g/mol. The van der Waals surface area contributed by atoms with E-state index in [-0.39, 0.29) is 30.1 Å². The molecule has 6 heteroatoms. The van der Waals surface area contributed by atoms with Gasteiger partial charge in [0.2, 0.25) is 0 Å². The summed E-state index contributed by atoms with van der Waals surface area (Å²) in [5.41, 5.74) is 1.50. The van der Waals surface area contributed by atoms with Crippen molar-refractivity contribution in [1.82, 2.24) is 10.2 Å². The molecule has 0 bridgehead atoms. The molecule has 0 aliphatic carbocycles. The lowest BCUT2D eigenvalue weighted by Crippen LogP contribution is -2.51. The molecule has 0 spiro atoms. The Kier molecular flexibility index (Phi) is 6.76. The second-order valence-electron chi connectivity index (χ2n) is 5.99. The molecule has 132 valence electrons. The minimum absolute atomic E-state index is 0. The van der Waals surface area contributed by atoms with Gasteiger partial charge in [0.1, 0.15) is 0 Å². The van der Waals surface area contributed by atoms with E-state index in [1.807, 2.05) is 17.0 Å². The van der Waals surface area contributed by atoms with Gasteiger partial charge in [0.05, 0.1) is 5.56 Å². The van der Waals surface area contributed by atoms with Crippen LogP contribution in [0.1, 0.15) is 33.2 Å². The fourth-order valence-corrected chi connectivity index (χ4v) is 3.18. The fourth-order valence-electron chi connectivity index (χ4n) is 2.91. The Morgan fingerprint density at radius 3 is 2.36 bits per heavy atom. The molecule has 1 atom stereocenters. The van der Waals surface area contributed by atoms with Crippen LogP contribution in [0, 0.1) is 0 Å². The van der Waals surface area contributed by atoms with Crippen LogP contribution in [-0.2, 0) is 0 Å². The lowest BCUT2D eigenvalue weighted by molar-refractivity contribution is 0.0705. The summed E-state index contributed by atoms with van der Waals surface area (Å²) < 4.78 is 0.915. The van der Waals surface area contributed by atoms with Crippen LogP contribution in [-0.4, -0.2) is 42.3 Å². The molecule has 1 N–H and O–H groups in total. The second kappa shape index (κ2) is 8.61. The third-order valence-electron chi connectivity index (χ3n) is 4.16. The Morgan fingerprint density at radius 1 is 1.08 bits per heavy atom. The number of carbonyl (C=O) groups is 2. The van der Waals surface area contributed by atoms with E-state index in [0.717, 1.165) is 11.0 Å². The van der Waals surface area contributed by atoms with E-state index >= 15 is 0 Å². The number of hydrogen-bond acceptors (Lipinski definition) is 3. The van der Waals surface area contributed by atoms with Crippen molar-refractivity contribution in [2.45, 2.75) is 13.0 Å². The third-order valence-corrected chi connectivity index (χ3v) is 4.69. The predicted octanol–water partition coefficient (Wildman–Crippen LogP) is 3.54. The van der Waals surface area contributed by atoms with Gasteiger partial charge in [-0.2, -0.15) is 0 Å². The second-order valence-corrected chi connectivity index (χ2v) is 6.90. The highest BCUT2D eigenvalue weighted by Gasteiger charge is 2.25. The molecule has 1 saturated heterocycles. The van der Waals surface area contributed by atoms with Gasteiger partial charge in [0.25, 0.3) is 5.91 Å². The number of nitrogens with zero attached hydrogens (tertiary/aromatic N) is 1. The van der Waals surface area contributed by atoms with Gasteiger partial charge >= 0.3 is 0 Å². The highest BCUT2D eigenvalue weighted by molar-refractivity contribution is 9.10. The van der Waals surface area contributed by atoms with Crippen molar-refractivity contribution in [2.75, 3.05) is 19.6 Å². The van der Waals surface area contributed by atoms with Gasteiger partial charge in [-0.1, -0.05) is 34.1 Å². The van der Waals surface area contributed by atoms with Gasteiger partial charge in [-0.15, -0.1) is 12.4 Å². The van der Waals surface area contributed by atoms with Crippen LogP contribution in [0.25, 0.3) is 0 Å². The summed E-state index contributed by atoms with van der Waals surface area (Å²) in [4.78, 5) is 27.5. The van der Waals surface area contributed by atoms with Crippen LogP contribution in [0.15, 0.2) is 53.0 Å². The van der Waals surface area contributed by atoms with Crippen LogP contribution < -0.4 is 5.32 Å². The number of hydrogen-bond donors (Lipinski definition) is 1. The van der Waals surface area contributed by atoms with Crippen LogP contribution in [0.3, 0.4) is 0 Å². The third kappa shape index (κ3) is 4.48. The van der Waals surface area contributed by atoms with Gasteiger partial charge < -0.3 is 10.2 Å². The van der Waals surface area contributed by atoms with E-state index in [9.17, 15) is 9.59 Å². The first-order chi connectivity index (χ1) is 11.6. The van der Waals surface area contributed by atoms with Crippen molar-refractivity contribution < 1.29 is 9.59 Å². The molecule has 1 aliphatic heterocycles. The minimum Gasteiger partial charge on any atom is -0.336 e. The van der Waals surface area contributed by atoms with Crippen molar-refractivity contribution in [2.24, 2.45) is 0 Å². The van der Waals surface area contributed by atoms with Gasteiger partial charge in [-0.3, -0.25) is 9.59 Å². The molecule has 25 heavy (non-hydrogen) atoms. The van der Waals surface area contributed by atoms with Crippen molar-refractivity contribution in [3.8, 4) is 0 Å². The molecule has 4 nitrogen and oxygen atoms in total. The monoisotopic (exact) mass is 422 g/mol. The zero-order chi connectivity index (χ0) is 17.1. The Bertz CT molecular complexity index is 764. The molecule has 2 aromatic carbocycles. The summed E-state index contributed by atoms with van der Waals surface area (Å²) in [5.74, 6) is -0.209. The van der Waals surface area contributed by atoms with E-state index in [0.29, 0.717) is 29.8 Å². The Morgan fingerprint density at radius 2 is 1.72 bits per heavy atom. The maximum Gasteiger partial charge on any atom is 0.254 e. The first-order valence-electron chi connectivity index (χ1n) is 7.98. The smallest absolute Gasteiger partial charge is 0.254 e.